The number of likely N-dealkylation sites (tertiary alicyclic amines) is 2. The van der Waals surface area contributed by atoms with Gasteiger partial charge in [0.15, 0.2) is 0 Å². The number of amides is 2. The van der Waals surface area contributed by atoms with Crippen LogP contribution in [0.4, 0.5) is 0 Å². The summed E-state index contributed by atoms with van der Waals surface area (Å²) in [4.78, 5) is 32.4. The van der Waals surface area contributed by atoms with Gasteiger partial charge in [-0.3, -0.25) is 9.59 Å². The first-order valence-corrected chi connectivity index (χ1v) is 8.98. The van der Waals surface area contributed by atoms with E-state index in [0.717, 1.165) is 30.6 Å². The Balaban J connectivity index is 1.43. The second kappa shape index (κ2) is 6.75. The highest BCUT2D eigenvalue weighted by molar-refractivity contribution is 5.89. The van der Waals surface area contributed by atoms with Crippen molar-refractivity contribution in [1.29, 1.82) is 0 Å². The minimum atomic E-state index is -0.216. The van der Waals surface area contributed by atoms with Crippen molar-refractivity contribution in [3.05, 3.63) is 59.9 Å². The number of carbonyl (C=O) groups is 2. The Labute approximate surface area is 147 Å². The molecule has 2 aliphatic rings. The molecule has 0 saturated carbocycles. The van der Waals surface area contributed by atoms with Crippen LogP contribution < -0.4 is 0 Å². The smallest absolute Gasteiger partial charge is 0.228 e. The van der Waals surface area contributed by atoms with Gasteiger partial charge >= 0.3 is 0 Å². The molecular formula is C20H23N3O2. The topological polar surface area (TPSA) is 56.4 Å². The summed E-state index contributed by atoms with van der Waals surface area (Å²) in [6.45, 7) is 1.90. The van der Waals surface area contributed by atoms with E-state index in [1.54, 1.807) is 0 Å². The van der Waals surface area contributed by atoms with Crippen molar-refractivity contribution in [1.82, 2.24) is 14.8 Å². The second-order valence-corrected chi connectivity index (χ2v) is 6.98. The number of aromatic nitrogens is 1. The van der Waals surface area contributed by atoms with Crippen LogP contribution in [-0.2, 0) is 16.1 Å². The number of carbonyl (C=O) groups excluding carboxylic acids is 2. The third-order valence-electron chi connectivity index (χ3n) is 5.30. The number of H-pyrrole nitrogens is 1. The number of aromatic amines is 1. The van der Waals surface area contributed by atoms with E-state index < -0.39 is 0 Å². The van der Waals surface area contributed by atoms with Crippen LogP contribution in [0, 0.1) is 5.92 Å². The van der Waals surface area contributed by atoms with Crippen molar-refractivity contribution in [2.24, 2.45) is 5.92 Å². The lowest BCUT2D eigenvalue weighted by Gasteiger charge is -2.27. The average Bonchev–Trinajstić information content (AvgIpc) is 3.36. The molecule has 2 fully saturated rings. The molecule has 130 valence electrons. The summed E-state index contributed by atoms with van der Waals surface area (Å²) in [6.07, 6.45) is 4.24. The Morgan fingerprint density at radius 3 is 2.76 bits per heavy atom. The molecular weight excluding hydrogens is 314 g/mol. The monoisotopic (exact) mass is 337 g/mol. The van der Waals surface area contributed by atoms with E-state index in [1.807, 2.05) is 58.5 Å². The summed E-state index contributed by atoms with van der Waals surface area (Å²) in [5.74, 6) is -0.00869. The first kappa shape index (κ1) is 15.9. The predicted octanol–water partition coefficient (Wildman–Crippen LogP) is 2.73. The van der Waals surface area contributed by atoms with Gasteiger partial charge in [0, 0.05) is 37.9 Å². The van der Waals surface area contributed by atoms with Crippen LogP contribution in [0.5, 0.6) is 0 Å². The van der Waals surface area contributed by atoms with Crippen LogP contribution >= 0.6 is 0 Å². The summed E-state index contributed by atoms with van der Waals surface area (Å²) in [6, 6.07) is 14.1. The third-order valence-corrected chi connectivity index (χ3v) is 5.30. The summed E-state index contributed by atoms with van der Waals surface area (Å²) in [5.41, 5.74) is 2.20. The first-order valence-electron chi connectivity index (χ1n) is 8.98. The fraction of sp³-hybridized carbons (Fsp3) is 0.400. The van der Waals surface area contributed by atoms with Crippen molar-refractivity contribution in [2.75, 3.05) is 13.1 Å². The molecule has 1 N–H and O–H groups in total. The van der Waals surface area contributed by atoms with Gasteiger partial charge in [-0.15, -0.1) is 0 Å². The van der Waals surface area contributed by atoms with Gasteiger partial charge < -0.3 is 14.8 Å². The lowest BCUT2D eigenvalue weighted by atomic mass is 10.1. The second-order valence-electron chi connectivity index (χ2n) is 6.98. The van der Waals surface area contributed by atoms with Crippen molar-refractivity contribution in [2.45, 2.75) is 31.8 Å². The number of benzene rings is 1. The highest BCUT2D eigenvalue weighted by atomic mass is 16.2. The third kappa shape index (κ3) is 3.18. The van der Waals surface area contributed by atoms with Crippen molar-refractivity contribution in [3.63, 3.8) is 0 Å². The zero-order valence-electron chi connectivity index (χ0n) is 14.2. The zero-order chi connectivity index (χ0) is 17.2. The van der Waals surface area contributed by atoms with E-state index in [4.69, 9.17) is 0 Å². The van der Waals surface area contributed by atoms with Crippen LogP contribution in [0.1, 0.15) is 36.6 Å². The van der Waals surface area contributed by atoms with Gasteiger partial charge in [0.2, 0.25) is 11.8 Å². The molecule has 2 amide bonds. The van der Waals surface area contributed by atoms with E-state index in [1.165, 1.54) is 0 Å². The van der Waals surface area contributed by atoms with Gasteiger partial charge in [0.1, 0.15) is 0 Å². The van der Waals surface area contributed by atoms with E-state index in [0.29, 0.717) is 19.5 Å². The molecule has 2 aliphatic heterocycles. The Hall–Kier alpha value is -2.56. The van der Waals surface area contributed by atoms with Gasteiger partial charge in [0.25, 0.3) is 0 Å². The normalized spacial score (nSPS) is 23.4. The van der Waals surface area contributed by atoms with E-state index in [9.17, 15) is 9.59 Å². The van der Waals surface area contributed by atoms with E-state index in [2.05, 4.69) is 4.98 Å². The summed E-state index contributed by atoms with van der Waals surface area (Å²) in [7, 11) is 0. The fourth-order valence-electron chi connectivity index (χ4n) is 4.03. The molecule has 0 aliphatic carbocycles. The van der Waals surface area contributed by atoms with E-state index in [-0.39, 0.29) is 23.8 Å². The number of hydrogen-bond acceptors (Lipinski definition) is 2. The molecule has 0 radical (unpaired) electrons. The number of hydrogen-bond donors (Lipinski definition) is 1. The molecule has 5 heteroatoms. The van der Waals surface area contributed by atoms with Crippen LogP contribution in [0.2, 0.25) is 0 Å². The average molecular weight is 337 g/mol. The highest BCUT2D eigenvalue weighted by Crippen LogP contribution is 2.34. The van der Waals surface area contributed by atoms with Gasteiger partial charge in [-0.2, -0.15) is 0 Å². The molecule has 25 heavy (non-hydrogen) atoms. The molecule has 3 heterocycles. The summed E-state index contributed by atoms with van der Waals surface area (Å²) in [5, 5.41) is 0. The van der Waals surface area contributed by atoms with Gasteiger partial charge in [-0.1, -0.05) is 30.3 Å². The molecule has 0 bridgehead atoms. The first-order chi connectivity index (χ1) is 12.2. The van der Waals surface area contributed by atoms with Crippen LogP contribution in [0.3, 0.4) is 0 Å². The fourth-order valence-corrected chi connectivity index (χ4v) is 4.03. The van der Waals surface area contributed by atoms with E-state index >= 15 is 0 Å². The maximum absolute atomic E-state index is 13.0. The Bertz CT molecular complexity index is 742. The minimum Gasteiger partial charge on any atom is -0.363 e. The standard InChI is InChI=1S/C20H23N3O2/c24-19-12-16(14-22(19)13-15-6-2-1-3-7-15)20(25)23-11-5-9-18(23)17-8-4-10-21-17/h1-4,6-8,10,16,18,21H,5,9,11-14H2. The molecule has 5 nitrogen and oxygen atoms in total. The molecule has 2 atom stereocenters. The van der Waals surface area contributed by atoms with Crippen molar-refractivity contribution < 1.29 is 9.59 Å². The van der Waals surface area contributed by atoms with Gasteiger partial charge in [-0.05, 0) is 30.5 Å². The number of nitrogens with zero attached hydrogens (tertiary/aromatic N) is 2. The zero-order valence-corrected chi connectivity index (χ0v) is 14.2. The van der Waals surface area contributed by atoms with Crippen LogP contribution in [0.15, 0.2) is 48.7 Å². The quantitative estimate of drug-likeness (QED) is 0.933. The minimum absolute atomic E-state index is 0.0813. The Morgan fingerprint density at radius 1 is 1.16 bits per heavy atom. The SMILES string of the molecule is O=C1CC(C(=O)N2CCCC2c2ccc[nH]2)CN1Cc1ccccc1. The Morgan fingerprint density at radius 2 is 2.00 bits per heavy atom. The lowest BCUT2D eigenvalue weighted by Crippen LogP contribution is -2.37. The van der Waals surface area contributed by atoms with Crippen molar-refractivity contribution >= 4 is 11.8 Å². The molecule has 2 saturated heterocycles. The lowest BCUT2D eigenvalue weighted by molar-refractivity contribution is -0.136. The van der Waals surface area contributed by atoms with Gasteiger partial charge in [0.05, 0.1) is 12.0 Å². The van der Waals surface area contributed by atoms with Gasteiger partial charge in [-0.25, -0.2) is 0 Å². The summed E-state index contributed by atoms with van der Waals surface area (Å²) < 4.78 is 0. The number of nitrogens with one attached hydrogen (secondary N) is 1. The maximum Gasteiger partial charge on any atom is 0.228 e. The van der Waals surface area contributed by atoms with Crippen LogP contribution in [-0.4, -0.2) is 39.7 Å². The predicted molar refractivity (Wildman–Crippen MR) is 94.4 cm³/mol. The summed E-state index contributed by atoms with van der Waals surface area (Å²) >= 11 is 0. The molecule has 2 aromatic rings. The Kier molecular flexibility index (Phi) is 4.30. The maximum atomic E-state index is 13.0. The number of rotatable bonds is 4. The molecule has 2 unspecified atom stereocenters. The molecule has 1 aromatic carbocycles. The highest BCUT2D eigenvalue weighted by Gasteiger charge is 2.40. The largest absolute Gasteiger partial charge is 0.363 e. The van der Waals surface area contributed by atoms with Crippen LogP contribution in [0.25, 0.3) is 0 Å². The molecule has 4 rings (SSSR count). The molecule has 1 aromatic heterocycles. The van der Waals surface area contributed by atoms with Crippen molar-refractivity contribution in [3.8, 4) is 0 Å². The molecule has 0 spiro atoms.